The van der Waals surface area contributed by atoms with Crippen LogP contribution < -0.4 is 16.4 Å². The molecule has 0 bridgehead atoms. The Morgan fingerprint density at radius 1 is 1.24 bits per heavy atom. The van der Waals surface area contributed by atoms with Crippen LogP contribution in [0.3, 0.4) is 0 Å². The van der Waals surface area contributed by atoms with E-state index in [1.165, 1.54) is 23.5 Å². The van der Waals surface area contributed by atoms with E-state index in [9.17, 15) is 14.0 Å². The van der Waals surface area contributed by atoms with Crippen LogP contribution >= 0.6 is 11.3 Å². The van der Waals surface area contributed by atoms with Crippen LogP contribution in [0, 0.1) is 5.82 Å². The van der Waals surface area contributed by atoms with Crippen molar-refractivity contribution in [2.75, 3.05) is 6.54 Å². The first-order chi connectivity index (χ1) is 10.1. The van der Waals surface area contributed by atoms with E-state index in [2.05, 4.69) is 5.32 Å². The number of nitrogens with two attached hydrogens (primary N) is 1. The van der Waals surface area contributed by atoms with Gasteiger partial charge in [0.05, 0.1) is 12.6 Å². The number of halogens is 1. The van der Waals surface area contributed by atoms with Gasteiger partial charge in [0, 0.05) is 4.88 Å². The van der Waals surface area contributed by atoms with Gasteiger partial charge in [0.1, 0.15) is 5.82 Å². The highest BCUT2D eigenvalue weighted by molar-refractivity contribution is 7.10. The van der Waals surface area contributed by atoms with E-state index in [0.29, 0.717) is 0 Å². The molecule has 1 aromatic carbocycles. The quantitative estimate of drug-likeness (QED) is 0.787. The molecule has 1 atom stereocenters. The number of nitrogens with one attached hydrogen (secondary N) is 2. The lowest BCUT2D eigenvalue weighted by atomic mass is 10.1. The number of imide groups is 1. The lowest BCUT2D eigenvalue weighted by Gasteiger charge is -2.17. The molecule has 0 aliphatic carbocycles. The van der Waals surface area contributed by atoms with Crippen LogP contribution in [0.4, 0.5) is 9.18 Å². The molecule has 5 nitrogen and oxygen atoms in total. The van der Waals surface area contributed by atoms with Gasteiger partial charge >= 0.3 is 6.03 Å². The van der Waals surface area contributed by atoms with Gasteiger partial charge in [-0.05, 0) is 29.1 Å². The second kappa shape index (κ2) is 6.96. The Labute approximate surface area is 125 Å². The predicted molar refractivity (Wildman–Crippen MR) is 78.3 cm³/mol. The number of amides is 3. The van der Waals surface area contributed by atoms with Gasteiger partial charge in [-0.25, -0.2) is 9.18 Å². The van der Waals surface area contributed by atoms with Crippen molar-refractivity contribution in [3.8, 4) is 0 Å². The van der Waals surface area contributed by atoms with Gasteiger partial charge < -0.3 is 5.73 Å². The molecule has 0 saturated carbocycles. The molecule has 0 radical (unpaired) electrons. The van der Waals surface area contributed by atoms with Crippen LogP contribution in [0.25, 0.3) is 0 Å². The standard InChI is InChI=1S/C14H14FN3O2S/c15-10-5-3-9(4-6-10)13(11-2-1-7-21-11)17-8-12(19)18-14(16)20/h1-7,13,17H,8H2,(H3,16,18,19,20). The number of rotatable bonds is 5. The number of hydrogen-bond acceptors (Lipinski definition) is 4. The Morgan fingerprint density at radius 2 is 1.95 bits per heavy atom. The fourth-order valence-electron chi connectivity index (χ4n) is 1.87. The van der Waals surface area contributed by atoms with Gasteiger partial charge in [-0.3, -0.25) is 15.4 Å². The SMILES string of the molecule is NC(=O)NC(=O)CNC(c1ccc(F)cc1)c1cccs1. The summed E-state index contributed by atoms with van der Waals surface area (Å²) in [4.78, 5) is 23.1. The Balaban J connectivity index is 2.12. The number of carbonyl (C=O) groups excluding carboxylic acids is 2. The molecule has 0 fully saturated rings. The molecule has 1 unspecified atom stereocenters. The van der Waals surface area contributed by atoms with Gasteiger partial charge in [-0.1, -0.05) is 18.2 Å². The van der Waals surface area contributed by atoms with Crippen molar-refractivity contribution < 1.29 is 14.0 Å². The highest BCUT2D eigenvalue weighted by Gasteiger charge is 2.16. The fourth-order valence-corrected chi connectivity index (χ4v) is 2.70. The van der Waals surface area contributed by atoms with E-state index in [1.54, 1.807) is 12.1 Å². The molecule has 0 aliphatic heterocycles. The largest absolute Gasteiger partial charge is 0.351 e. The Hall–Kier alpha value is -2.25. The van der Waals surface area contributed by atoms with E-state index in [1.807, 2.05) is 22.8 Å². The minimum atomic E-state index is -0.892. The van der Waals surface area contributed by atoms with Crippen LogP contribution in [0.1, 0.15) is 16.5 Å². The second-order valence-corrected chi connectivity index (χ2v) is 5.27. The number of primary amides is 1. The summed E-state index contributed by atoms with van der Waals surface area (Å²) < 4.78 is 13.0. The zero-order valence-electron chi connectivity index (χ0n) is 11.0. The third-order valence-electron chi connectivity index (χ3n) is 2.76. The van der Waals surface area contributed by atoms with Crippen molar-refractivity contribution in [2.45, 2.75) is 6.04 Å². The minimum absolute atomic E-state index is 0.0805. The van der Waals surface area contributed by atoms with E-state index in [4.69, 9.17) is 5.73 Å². The highest BCUT2D eigenvalue weighted by atomic mass is 32.1. The number of carbonyl (C=O) groups is 2. The van der Waals surface area contributed by atoms with Gasteiger partial charge in [-0.2, -0.15) is 0 Å². The third kappa shape index (κ3) is 4.37. The van der Waals surface area contributed by atoms with Crippen LogP contribution in [0.15, 0.2) is 41.8 Å². The van der Waals surface area contributed by atoms with Gasteiger partial charge in [0.15, 0.2) is 0 Å². The normalized spacial score (nSPS) is 11.9. The van der Waals surface area contributed by atoms with Crippen molar-refractivity contribution in [3.63, 3.8) is 0 Å². The molecular formula is C14H14FN3O2S. The summed E-state index contributed by atoms with van der Waals surface area (Å²) in [6.07, 6.45) is 0. The number of benzene rings is 1. The zero-order valence-corrected chi connectivity index (χ0v) is 11.8. The van der Waals surface area contributed by atoms with Crippen LogP contribution in [-0.4, -0.2) is 18.5 Å². The van der Waals surface area contributed by atoms with E-state index in [-0.39, 0.29) is 18.4 Å². The molecule has 1 heterocycles. The first-order valence-corrected chi connectivity index (χ1v) is 7.06. The fraction of sp³-hybridized carbons (Fsp3) is 0.143. The molecule has 110 valence electrons. The van der Waals surface area contributed by atoms with Gasteiger partial charge in [0.25, 0.3) is 0 Å². The number of hydrogen-bond donors (Lipinski definition) is 3. The number of thiophene rings is 1. The predicted octanol–water partition coefficient (Wildman–Crippen LogP) is 1.76. The molecule has 2 rings (SSSR count). The summed E-state index contributed by atoms with van der Waals surface area (Å²) in [7, 11) is 0. The maximum absolute atomic E-state index is 13.0. The second-order valence-electron chi connectivity index (χ2n) is 4.29. The Bertz CT molecular complexity index is 614. The van der Waals surface area contributed by atoms with Crippen molar-refractivity contribution in [1.29, 1.82) is 0 Å². The highest BCUT2D eigenvalue weighted by Crippen LogP contribution is 2.25. The summed E-state index contributed by atoms with van der Waals surface area (Å²) in [5.74, 6) is -0.846. The lowest BCUT2D eigenvalue weighted by Crippen LogP contribution is -2.41. The molecule has 21 heavy (non-hydrogen) atoms. The summed E-state index contributed by atoms with van der Waals surface area (Å²) in [5.41, 5.74) is 5.71. The van der Waals surface area contributed by atoms with E-state index in [0.717, 1.165) is 10.4 Å². The van der Waals surface area contributed by atoms with Crippen molar-refractivity contribution >= 4 is 23.3 Å². The molecule has 0 spiro atoms. The first kappa shape index (κ1) is 15.1. The molecule has 4 N–H and O–H groups in total. The van der Waals surface area contributed by atoms with Gasteiger partial charge in [0.2, 0.25) is 5.91 Å². The van der Waals surface area contributed by atoms with Crippen LogP contribution in [-0.2, 0) is 4.79 Å². The van der Waals surface area contributed by atoms with Crippen molar-refractivity contribution in [2.24, 2.45) is 5.73 Å². The van der Waals surface area contributed by atoms with Crippen molar-refractivity contribution in [3.05, 3.63) is 58.0 Å². The summed E-state index contributed by atoms with van der Waals surface area (Å²) in [6.45, 7) is -0.0805. The van der Waals surface area contributed by atoms with Crippen molar-refractivity contribution in [1.82, 2.24) is 10.6 Å². The molecule has 2 aromatic rings. The topological polar surface area (TPSA) is 84.2 Å². The lowest BCUT2D eigenvalue weighted by molar-refractivity contribution is -0.119. The average molecular weight is 307 g/mol. The first-order valence-electron chi connectivity index (χ1n) is 6.18. The van der Waals surface area contributed by atoms with E-state index >= 15 is 0 Å². The number of urea groups is 1. The minimum Gasteiger partial charge on any atom is -0.351 e. The molecule has 1 aromatic heterocycles. The molecular weight excluding hydrogens is 293 g/mol. The van der Waals surface area contributed by atoms with E-state index < -0.39 is 11.9 Å². The average Bonchev–Trinajstić information content (AvgIpc) is 2.94. The summed E-state index contributed by atoms with van der Waals surface area (Å²) in [5, 5.41) is 6.93. The third-order valence-corrected chi connectivity index (χ3v) is 3.70. The van der Waals surface area contributed by atoms with Crippen LogP contribution in [0.2, 0.25) is 0 Å². The molecule has 0 saturated heterocycles. The Morgan fingerprint density at radius 3 is 2.52 bits per heavy atom. The summed E-state index contributed by atoms with van der Waals surface area (Å²) in [6, 6.07) is 8.68. The molecule has 3 amide bonds. The van der Waals surface area contributed by atoms with Crippen LogP contribution in [0.5, 0.6) is 0 Å². The smallest absolute Gasteiger partial charge is 0.318 e. The molecule has 0 aliphatic rings. The summed E-state index contributed by atoms with van der Waals surface area (Å²) >= 11 is 1.52. The Kier molecular flexibility index (Phi) is 5.02. The molecule has 7 heteroatoms. The zero-order chi connectivity index (χ0) is 15.2. The van der Waals surface area contributed by atoms with Gasteiger partial charge in [-0.15, -0.1) is 11.3 Å². The monoisotopic (exact) mass is 307 g/mol. The maximum Gasteiger partial charge on any atom is 0.318 e. The maximum atomic E-state index is 13.0.